The molecule has 3 N–H and O–H groups in total. The van der Waals surface area contributed by atoms with E-state index >= 15 is 0 Å². The van der Waals surface area contributed by atoms with Crippen LogP contribution in [0, 0.1) is 0 Å². The van der Waals surface area contributed by atoms with E-state index in [4.69, 9.17) is 9.47 Å². The van der Waals surface area contributed by atoms with Crippen molar-refractivity contribution in [2.24, 2.45) is 0 Å². The number of ether oxygens (including phenoxy) is 2. The molecule has 166 valence electrons. The summed E-state index contributed by atoms with van der Waals surface area (Å²) in [5.74, 6) is 1.14. The summed E-state index contributed by atoms with van der Waals surface area (Å²) in [6.45, 7) is 3.48. The maximum Gasteiger partial charge on any atom is 0.221 e. The third kappa shape index (κ3) is 4.69. The van der Waals surface area contributed by atoms with Gasteiger partial charge in [-0.25, -0.2) is 0 Å². The molecule has 1 amide bonds. The number of aliphatic hydroxyl groups excluding tert-OH is 2. The van der Waals surface area contributed by atoms with E-state index < -0.39 is 12.2 Å². The minimum Gasteiger partial charge on any atom is -0.495 e. The van der Waals surface area contributed by atoms with Gasteiger partial charge in [0.2, 0.25) is 5.91 Å². The highest BCUT2D eigenvalue weighted by Gasteiger charge is 2.42. The molecule has 1 saturated heterocycles. The Morgan fingerprint density at radius 1 is 1.29 bits per heavy atom. The van der Waals surface area contributed by atoms with Crippen LogP contribution in [-0.4, -0.2) is 53.4 Å². The van der Waals surface area contributed by atoms with Gasteiger partial charge in [0.1, 0.15) is 17.1 Å². The van der Waals surface area contributed by atoms with Crippen LogP contribution in [0.25, 0.3) is 0 Å². The predicted molar refractivity (Wildman–Crippen MR) is 117 cm³/mol. The second-order valence-electron chi connectivity index (χ2n) is 8.50. The molecule has 1 fully saturated rings. The monoisotopic (exact) mass is 426 g/mol. The first kappa shape index (κ1) is 21.6. The van der Waals surface area contributed by atoms with Crippen LogP contribution in [-0.2, 0) is 4.79 Å². The van der Waals surface area contributed by atoms with Crippen LogP contribution in [0.4, 0.5) is 5.69 Å². The van der Waals surface area contributed by atoms with Crippen molar-refractivity contribution in [3.63, 3.8) is 0 Å². The van der Waals surface area contributed by atoms with Crippen molar-refractivity contribution in [1.29, 1.82) is 0 Å². The van der Waals surface area contributed by atoms with Crippen LogP contribution >= 0.6 is 0 Å². The molecule has 0 saturated carbocycles. The molecule has 1 spiro atoms. The van der Waals surface area contributed by atoms with Crippen molar-refractivity contribution < 1.29 is 24.5 Å². The SMILES string of the molecule is COc1ccc([C@@H](O)CN2CCC3(CC2)C[C@@H](O)c2ccccc2O3)cc1NC(C)=O. The number of nitrogens with one attached hydrogen (secondary N) is 1. The van der Waals surface area contributed by atoms with Crippen LogP contribution in [0.3, 0.4) is 0 Å². The van der Waals surface area contributed by atoms with Crippen LogP contribution in [0.2, 0.25) is 0 Å². The molecule has 0 bridgehead atoms. The number of amides is 1. The number of carbonyl (C=O) groups excluding carboxylic acids is 1. The fourth-order valence-corrected chi connectivity index (χ4v) is 4.61. The van der Waals surface area contributed by atoms with E-state index in [0.29, 0.717) is 24.4 Å². The molecule has 0 radical (unpaired) electrons. The second kappa shape index (κ2) is 8.86. The van der Waals surface area contributed by atoms with Crippen molar-refractivity contribution in [2.45, 2.75) is 44.0 Å². The fraction of sp³-hybridized carbons (Fsp3) is 0.458. The summed E-state index contributed by atoms with van der Waals surface area (Å²) in [7, 11) is 1.54. The topological polar surface area (TPSA) is 91.3 Å². The Balaban J connectivity index is 1.39. The minimum absolute atomic E-state index is 0.192. The highest BCUT2D eigenvalue weighted by molar-refractivity contribution is 5.90. The summed E-state index contributed by atoms with van der Waals surface area (Å²) in [6.07, 6.45) is 0.994. The average Bonchev–Trinajstić information content (AvgIpc) is 2.75. The molecule has 2 heterocycles. The number of likely N-dealkylation sites (tertiary alicyclic amines) is 1. The van der Waals surface area contributed by atoms with Gasteiger partial charge in [0.25, 0.3) is 0 Å². The van der Waals surface area contributed by atoms with Crippen LogP contribution in [0.5, 0.6) is 11.5 Å². The van der Waals surface area contributed by atoms with Crippen molar-refractivity contribution in [3.8, 4) is 11.5 Å². The second-order valence-corrected chi connectivity index (χ2v) is 8.50. The van der Waals surface area contributed by atoms with E-state index in [0.717, 1.165) is 42.8 Å². The Hall–Kier alpha value is -2.61. The lowest BCUT2D eigenvalue weighted by atomic mass is 9.81. The Morgan fingerprint density at radius 3 is 2.74 bits per heavy atom. The first-order valence-electron chi connectivity index (χ1n) is 10.7. The number of para-hydroxylation sites is 1. The molecule has 0 aromatic heterocycles. The molecule has 4 rings (SSSR count). The van der Waals surface area contributed by atoms with Crippen molar-refractivity contribution in [1.82, 2.24) is 4.90 Å². The molecule has 31 heavy (non-hydrogen) atoms. The van der Waals surface area contributed by atoms with Crippen molar-refractivity contribution in [3.05, 3.63) is 53.6 Å². The predicted octanol–water partition coefficient (Wildman–Crippen LogP) is 3.04. The molecule has 0 aliphatic carbocycles. The van der Waals surface area contributed by atoms with E-state index in [9.17, 15) is 15.0 Å². The summed E-state index contributed by atoms with van der Waals surface area (Å²) in [5.41, 5.74) is 1.78. The van der Waals surface area contributed by atoms with E-state index in [1.54, 1.807) is 19.2 Å². The Morgan fingerprint density at radius 2 is 2.03 bits per heavy atom. The average molecular weight is 427 g/mol. The van der Waals surface area contributed by atoms with Gasteiger partial charge in [0.15, 0.2) is 0 Å². The molecule has 0 unspecified atom stereocenters. The first-order valence-corrected chi connectivity index (χ1v) is 10.7. The van der Waals surface area contributed by atoms with Crippen molar-refractivity contribution in [2.75, 3.05) is 32.1 Å². The van der Waals surface area contributed by atoms with Gasteiger partial charge in [0.05, 0.1) is 25.0 Å². The van der Waals surface area contributed by atoms with Gasteiger partial charge in [-0.3, -0.25) is 4.79 Å². The summed E-state index contributed by atoms with van der Waals surface area (Å²) in [4.78, 5) is 13.7. The number of nitrogens with zero attached hydrogens (tertiary/aromatic N) is 1. The molecule has 2 aromatic carbocycles. The third-order valence-electron chi connectivity index (χ3n) is 6.29. The van der Waals surface area contributed by atoms with Crippen molar-refractivity contribution >= 4 is 11.6 Å². The lowest BCUT2D eigenvalue weighted by molar-refractivity contribution is -0.114. The molecule has 2 aliphatic heterocycles. The zero-order valence-corrected chi connectivity index (χ0v) is 18.0. The molecule has 7 heteroatoms. The van der Waals surface area contributed by atoms with E-state index in [1.807, 2.05) is 30.3 Å². The highest BCUT2D eigenvalue weighted by Crippen LogP contribution is 2.44. The maximum absolute atomic E-state index is 11.5. The molecule has 2 atom stereocenters. The lowest BCUT2D eigenvalue weighted by Gasteiger charge is -2.46. The minimum atomic E-state index is -0.689. The van der Waals surface area contributed by atoms with E-state index in [2.05, 4.69) is 10.2 Å². The number of fused-ring (bicyclic) bond motifs is 1. The van der Waals surface area contributed by atoms with Crippen LogP contribution < -0.4 is 14.8 Å². The standard InChI is InChI=1S/C24H30N2O5/c1-16(27)25-19-13-17(7-8-23(19)30-2)21(29)15-26-11-9-24(10-12-26)14-20(28)18-5-3-4-6-22(18)31-24/h3-8,13,20-21,28-29H,9-12,14-15H2,1-2H3,(H,25,27)/t20-,21+/m1/s1. The normalized spacial score (nSPS) is 21.1. The number of hydrogen-bond acceptors (Lipinski definition) is 6. The number of benzene rings is 2. The van der Waals surface area contributed by atoms with Gasteiger partial charge >= 0.3 is 0 Å². The number of anilines is 1. The molecule has 2 aromatic rings. The first-order chi connectivity index (χ1) is 14.9. The summed E-state index contributed by atoms with van der Waals surface area (Å²) >= 11 is 0. The number of β-amino-alcohol motifs (C(OH)–C–C–N with tert-alkyl or cyclic N) is 1. The van der Waals surface area contributed by atoms with E-state index in [-0.39, 0.29) is 11.5 Å². The number of hydrogen-bond donors (Lipinski definition) is 3. The van der Waals surface area contributed by atoms with Gasteiger partial charge < -0.3 is 29.9 Å². The van der Waals surface area contributed by atoms with Gasteiger partial charge in [-0.2, -0.15) is 0 Å². The molecule has 7 nitrogen and oxygen atoms in total. The number of aliphatic hydroxyl groups is 2. The fourth-order valence-electron chi connectivity index (χ4n) is 4.61. The molecule has 2 aliphatic rings. The largest absolute Gasteiger partial charge is 0.495 e. The van der Waals surface area contributed by atoms with Crippen LogP contribution in [0.15, 0.2) is 42.5 Å². The summed E-state index contributed by atoms with van der Waals surface area (Å²) in [5, 5.41) is 24.1. The number of methoxy groups -OCH3 is 1. The summed E-state index contributed by atoms with van der Waals surface area (Å²) < 4.78 is 11.6. The number of carbonyl (C=O) groups is 1. The molecular weight excluding hydrogens is 396 g/mol. The Kier molecular flexibility index (Phi) is 6.18. The maximum atomic E-state index is 11.5. The number of piperidine rings is 1. The highest BCUT2D eigenvalue weighted by atomic mass is 16.5. The lowest BCUT2D eigenvalue weighted by Crippen LogP contribution is -2.51. The smallest absolute Gasteiger partial charge is 0.221 e. The summed E-state index contributed by atoms with van der Waals surface area (Å²) in [6, 6.07) is 13.0. The molecular formula is C24H30N2O5. The van der Waals surface area contributed by atoms with Gasteiger partial charge in [-0.15, -0.1) is 0 Å². The zero-order valence-electron chi connectivity index (χ0n) is 18.0. The van der Waals surface area contributed by atoms with E-state index in [1.165, 1.54) is 6.92 Å². The quantitative estimate of drug-likeness (QED) is 0.681. The Labute approximate surface area is 182 Å². The third-order valence-corrected chi connectivity index (χ3v) is 6.29. The van der Waals surface area contributed by atoms with Gasteiger partial charge in [-0.1, -0.05) is 24.3 Å². The van der Waals surface area contributed by atoms with Gasteiger partial charge in [-0.05, 0) is 36.6 Å². The van der Waals surface area contributed by atoms with Crippen LogP contribution in [0.1, 0.15) is 49.5 Å². The van der Waals surface area contributed by atoms with Gasteiger partial charge in [0, 0.05) is 38.5 Å². The number of rotatable bonds is 5. The zero-order chi connectivity index (χ0) is 22.0. The Bertz CT molecular complexity index is 939.